The van der Waals surface area contributed by atoms with Gasteiger partial charge in [0.2, 0.25) is 0 Å². The Morgan fingerprint density at radius 1 is 1.33 bits per heavy atom. The summed E-state index contributed by atoms with van der Waals surface area (Å²) in [5, 5.41) is 0. The minimum atomic E-state index is 0.615. The normalized spacial score (nSPS) is 41.8. The Hall–Kier alpha value is -0.260. The maximum absolute atomic E-state index is 3.70. The molecule has 0 aromatic heterocycles. The fraction of sp³-hybridized carbons (Fsp3) is 0.750. The average molecular weight is 162 g/mol. The van der Waals surface area contributed by atoms with E-state index in [9.17, 15) is 0 Å². The summed E-state index contributed by atoms with van der Waals surface area (Å²) in [7, 11) is 0. The zero-order valence-electron chi connectivity index (χ0n) is 8.14. The van der Waals surface area contributed by atoms with Crippen molar-refractivity contribution in [3.05, 3.63) is 18.1 Å². The van der Waals surface area contributed by atoms with Crippen molar-refractivity contribution in [3.63, 3.8) is 0 Å². The van der Waals surface area contributed by atoms with Crippen molar-refractivity contribution in [1.29, 1.82) is 0 Å². The molecule has 2 rings (SSSR count). The summed E-state index contributed by atoms with van der Waals surface area (Å²) < 4.78 is 0. The van der Waals surface area contributed by atoms with Crippen LogP contribution in [-0.2, 0) is 0 Å². The molecular formula is C12H18. The second kappa shape index (κ2) is 3.24. The lowest BCUT2D eigenvalue weighted by molar-refractivity contribution is 0.289. The van der Waals surface area contributed by atoms with E-state index >= 15 is 0 Å². The Labute approximate surface area is 76.1 Å². The maximum Gasteiger partial charge on any atom is -0.00593 e. The van der Waals surface area contributed by atoms with Gasteiger partial charge in [-0.2, -0.15) is 0 Å². The summed E-state index contributed by atoms with van der Waals surface area (Å²) in [4.78, 5) is 0. The molecule has 3 atom stereocenters. The fourth-order valence-corrected chi connectivity index (χ4v) is 2.50. The van der Waals surface area contributed by atoms with Gasteiger partial charge in [-0.3, -0.25) is 0 Å². The van der Waals surface area contributed by atoms with Gasteiger partial charge < -0.3 is 0 Å². The molecule has 0 bridgehead atoms. The Kier molecular flexibility index (Phi) is 2.25. The third-order valence-electron chi connectivity index (χ3n) is 3.44. The Balaban J connectivity index is 2.12. The zero-order valence-corrected chi connectivity index (χ0v) is 8.14. The standard InChI is InChI=1S/C12H18/c1-9-7-11-5-3-4-6-12(11)8-10(9)2/h7,10-12H,3-6H2,1-2H3. The van der Waals surface area contributed by atoms with Crippen LogP contribution in [0.2, 0.25) is 0 Å². The SMILES string of the molecule is CC1=CC2CCCCC2[C]C1C. The van der Waals surface area contributed by atoms with Crippen LogP contribution in [-0.4, -0.2) is 0 Å². The maximum atomic E-state index is 3.70. The first-order valence-electron chi connectivity index (χ1n) is 5.22. The molecule has 0 aromatic carbocycles. The van der Waals surface area contributed by atoms with Crippen molar-refractivity contribution >= 4 is 0 Å². The quantitative estimate of drug-likeness (QED) is 0.478. The molecule has 0 N–H and O–H groups in total. The van der Waals surface area contributed by atoms with Gasteiger partial charge in [0.15, 0.2) is 0 Å². The summed E-state index contributed by atoms with van der Waals surface area (Å²) in [5.74, 6) is 2.25. The van der Waals surface area contributed by atoms with Crippen LogP contribution in [0.4, 0.5) is 0 Å². The van der Waals surface area contributed by atoms with Gasteiger partial charge in [0.1, 0.15) is 0 Å². The molecular weight excluding hydrogens is 144 g/mol. The molecule has 0 aromatic rings. The van der Waals surface area contributed by atoms with Gasteiger partial charge in [-0.05, 0) is 43.9 Å². The van der Waals surface area contributed by atoms with Crippen molar-refractivity contribution in [3.8, 4) is 0 Å². The van der Waals surface area contributed by atoms with Gasteiger partial charge in [0, 0.05) is 0 Å². The molecule has 1 fully saturated rings. The van der Waals surface area contributed by atoms with Crippen LogP contribution in [0.1, 0.15) is 39.5 Å². The number of hydrogen-bond acceptors (Lipinski definition) is 0. The summed E-state index contributed by atoms with van der Waals surface area (Å²) >= 11 is 0. The topological polar surface area (TPSA) is 0 Å². The lowest BCUT2D eigenvalue weighted by Gasteiger charge is -2.35. The van der Waals surface area contributed by atoms with E-state index in [1.807, 2.05) is 0 Å². The lowest BCUT2D eigenvalue weighted by atomic mass is 9.69. The highest BCUT2D eigenvalue weighted by Crippen LogP contribution is 2.40. The summed E-state index contributed by atoms with van der Waals surface area (Å²) in [6.07, 6.45) is 11.9. The first kappa shape index (κ1) is 8.34. The van der Waals surface area contributed by atoms with Crippen LogP contribution in [0.5, 0.6) is 0 Å². The van der Waals surface area contributed by atoms with Crippen molar-refractivity contribution in [2.24, 2.45) is 17.8 Å². The molecule has 2 aliphatic carbocycles. The van der Waals surface area contributed by atoms with E-state index in [2.05, 4.69) is 26.3 Å². The van der Waals surface area contributed by atoms with Crippen molar-refractivity contribution in [2.75, 3.05) is 0 Å². The van der Waals surface area contributed by atoms with Crippen molar-refractivity contribution < 1.29 is 0 Å². The average Bonchev–Trinajstić information content (AvgIpc) is 2.07. The van der Waals surface area contributed by atoms with E-state index in [1.165, 1.54) is 31.3 Å². The van der Waals surface area contributed by atoms with Crippen LogP contribution in [0.15, 0.2) is 11.6 Å². The summed E-state index contributed by atoms with van der Waals surface area (Å²) in [6, 6.07) is 0. The molecule has 0 heteroatoms. The van der Waals surface area contributed by atoms with E-state index in [0.717, 1.165) is 11.8 Å². The Bertz CT molecular complexity index is 190. The number of rotatable bonds is 0. The van der Waals surface area contributed by atoms with Crippen LogP contribution in [0.3, 0.4) is 0 Å². The highest BCUT2D eigenvalue weighted by atomic mass is 14.3. The smallest absolute Gasteiger partial charge is 0.00593 e. The largest absolute Gasteiger partial charge is 0.0819 e. The van der Waals surface area contributed by atoms with Gasteiger partial charge in [-0.15, -0.1) is 0 Å². The van der Waals surface area contributed by atoms with Gasteiger partial charge in [-0.25, -0.2) is 0 Å². The molecule has 12 heavy (non-hydrogen) atoms. The van der Waals surface area contributed by atoms with Crippen LogP contribution in [0, 0.1) is 24.2 Å². The number of allylic oxidation sites excluding steroid dienone is 2. The molecule has 2 aliphatic rings. The van der Waals surface area contributed by atoms with Crippen molar-refractivity contribution in [1.82, 2.24) is 0 Å². The molecule has 0 amide bonds. The van der Waals surface area contributed by atoms with Gasteiger partial charge in [-0.1, -0.05) is 31.4 Å². The highest BCUT2D eigenvalue weighted by molar-refractivity contribution is 5.17. The van der Waals surface area contributed by atoms with Gasteiger partial charge in [0.25, 0.3) is 0 Å². The fourth-order valence-electron chi connectivity index (χ4n) is 2.50. The van der Waals surface area contributed by atoms with E-state index in [1.54, 1.807) is 0 Å². The zero-order chi connectivity index (χ0) is 8.55. The second-order valence-electron chi connectivity index (χ2n) is 4.35. The Morgan fingerprint density at radius 2 is 2.08 bits per heavy atom. The predicted molar refractivity (Wildman–Crippen MR) is 51.6 cm³/mol. The second-order valence-corrected chi connectivity index (χ2v) is 4.35. The van der Waals surface area contributed by atoms with Gasteiger partial charge >= 0.3 is 0 Å². The summed E-state index contributed by atoms with van der Waals surface area (Å²) in [5.41, 5.74) is 1.54. The first-order valence-corrected chi connectivity index (χ1v) is 5.22. The molecule has 66 valence electrons. The lowest BCUT2D eigenvalue weighted by Crippen LogP contribution is -2.25. The number of fused-ring (bicyclic) bond motifs is 1. The third-order valence-corrected chi connectivity index (χ3v) is 3.44. The minimum Gasteiger partial charge on any atom is -0.0819 e. The van der Waals surface area contributed by atoms with Gasteiger partial charge in [0.05, 0.1) is 0 Å². The molecule has 0 nitrogen and oxygen atoms in total. The van der Waals surface area contributed by atoms with E-state index in [4.69, 9.17) is 0 Å². The molecule has 0 aliphatic heterocycles. The van der Waals surface area contributed by atoms with Crippen LogP contribution >= 0.6 is 0 Å². The van der Waals surface area contributed by atoms with E-state index in [0.29, 0.717) is 5.92 Å². The van der Waals surface area contributed by atoms with E-state index in [-0.39, 0.29) is 0 Å². The molecule has 0 heterocycles. The molecule has 2 radical (unpaired) electrons. The third kappa shape index (κ3) is 1.44. The first-order chi connectivity index (χ1) is 5.77. The van der Waals surface area contributed by atoms with E-state index < -0.39 is 0 Å². The van der Waals surface area contributed by atoms with Crippen LogP contribution in [0.25, 0.3) is 0 Å². The highest BCUT2D eigenvalue weighted by Gasteiger charge is 2.29. The molecule has 3 unspecified atom stereocenters. The molecule has 0 spiro atoms. The molecule has 0 saturated heterocycles. The minimum absolute atomic E-state index is 0.615. The Morgan fingerprint density at radius 3 is 2.92 bits per heavy atom. The summed E-state index contributed by atoms with van der Waals surface area (Å²) in [6.45, 7) is 4.53. The molecule has 1 saturated carbocycles. The van der Waals surface area contributed by atoms with Crippen molar-refractivity contribution in [2.45, 2.75) is 39.5 Å². The predicted octanol–water partition coefficient (Wildman–Crippen LogP) is 3.47. The monoisotopic (exact) mass is 162 g/mol. The van der Waals surface area contributed by atoms with Crippen LogP contribution < -0.4 is 0 Å². The number of hydrogen-bond donors (Lipinski definition) is 0.